The monoisotopic (exact) mass is 399 g/mol. The first-order chi connectivity index (χ1) is 14.4. The van der Waals surface area contributed by atoms with Crippen LogP contribution in [0.25, 0.3) is 0 Å². The summed E-state index contributed by atoms with van der Waals surface area (Å²) in [7, 11) is 0. The number of ether oxygens (including phenoxy) is 1. The fraction of sp³-hybridized carbons (Fsp3) is 0.269. The van der Waals surface area contributed by atoms with E-state index in [0.717, 1.165) is 22.3 Å². The van der Waals surface area contributed by atoms with Crippen molar-refractivity contribution in [3.8, 4) is 11.8 Å². The predicted molar refractivity (Wildman–Crippen MR) is 116 cm³/mol. The van der Waals surface area contributed by atoms with Gasteiger partial charge in [0.2, 0.25) is 0 Å². The molecular weight excluding hydrogens is 374 g/mol. The first-order valence-electron chi connectivity index (χ1n) is 10.1. The fourth-order valence-electron chi connectivity index (χ4n) is 3.63. The Balaban J connectivity index is 1.60. The Morgan fingerprint density at radius 3 is 2.37 bits per heavy atom. The van der Waals surface area contributed by atoms with Crippen LogP contribution in [0, 0.1) is 11.3 Å². The number of ketones is 2. The third kappa shape index (κ3) is 5.12. The molecule has 0 aromatic heterocycles. The molecule has 0 heterocycles. The van der Waals surface area contributed by atoms with Crippen molar-refractivity contribution in [1.29, 1.82) is 5.26 Å². The van der Waals surface area contributed by atoms with Crippen molar-refractivity contribution < 1.29 is 14.3 Å². The van der Waals surface area contributed by atoms with Gasteiger partial charge in [-0.3, -0.25) is 9.59 Å². The van der Waals surface area contributed by atoms with Crippen molar-refractivity contribution in [2.24, 2.45) is 0 Å². The second-order valence-corrected chi connectivity index (χ2v) is 7.69. The molecule has 152 valence electrons. The van der Waals surface area contributed by atoms with E-state index in [-0.39, 0.29) is 17.7 Å². The maximum Gasteiger partial charge on any atom is 0.163 e. The molecule has 0 spiro atoms. The SMILES string of the molecule is CC1=CC(C)=C(CCC(=O)c2ccc([C@@H](C)Oc3ccc(C#N)cc3)cc2)C(=O)C1. The highest BCUT2D eigenvalue weighted by atomic mass is 16.5. The van der Waals surface area contributed by atoms with E-state index in [9.17, 15) is 9.59 Å². The molecule has 0 bridgehead atoms. The van der Waals surface area contributed by atoms with Crippen molar-refractivity contribution in [1.82, 2.24) is 0 Å². The van der Waals surface area contributed by atoms with E-state index < -0.39 is 0 Å². The van der Waals surface area contributed by atoms with Crippen molar-refractivity contribution >= 4 is 11.6 Å². The van der Waals surface area contributed by atoms with Crippen LogP contribution in [0.5, 0.6) is 5.75 Å². The van der Waals surface area contributed by atoms with E-state index >= 15 is 0 Å². The van der Waals surface area contributed by atoms with Gasteiger partial charge in [-0.05, 0) is 68.2 Å². The third-order valence-corrected chi connectivity index (χ3v) is 5.32. The molecule has 30 heavy (non-hydrogen) atoms. The largest absolute Gasteiger partial charge is 0.486 e. The van der Waals surface area contributed by atoms with Crippen molar-refractivity contribution in [3.05, 3.63) is 88.0 Å². The summed E-state index contributed by atoms with van der Waals surface area (Å²) >= 11 is 0. The van der Waals surface area contributed by atoms with Crippen LogP contribution < -0.4 is 4.74 Å². The standard InChI is InChI=1S/C26H25NO3/c1-17-14-18(2)24(26(29)15-17)12-13-25(28)22-8-6-21(7-9-22)19(3)30-23-10-4-20(16-27)5-11-23/h4-11,14,19H,12-13,15H2,1-3H3/t19-/m1/s1. The van der Waals surface area contributed by atoms with Gasteiger partial charge in [0.1, 0.15) is 11.9 Å². The number of hydrogen-bond acceptors (Lipinski definition) is 4. The molecule has 0 saturated carbocycles. The lowest BCUT2D eigenvalue weighted by Gasteiger charge is -2.16. The number of carbonyl (C=O) groups excluding carboxylic acids is 2. The highest BCUT2D eigenvalue weighted by molar-refractivity contribution is 6.01. The maximum absolute atomic E-state index is 12.6. The van der Waals surface area contributed by atoms with Gasteiger partial charge in [-0.15, -0.1) is 0 Å². The summed E-state index contributed by atoms with van der Waals surface area (Å²) in [5.41, 5.74) is 5.00. The van der Waals surface area contributed by atoms with E-state index in [4.69, 9.17) is 10.00 Å². The Hall–Kier alpha value is -3.45. The zero-order valence-corrected chi connectivity index (χ0v) is 17.6. The van der Waals surface area contributed by atoms with Crippen LogP contribution in [0.3, 0.4) is 0 Å². The molecule has 0 fully saturated rings. The summed E-state index contributed by atoms with van der Waals surface area (Å²) in [6.45, 7) is 5.83. The lowest BCUT2D eigenvalue weighted by molar-refractivity contribution is -0.115. The number of nitrogens with zero attached hydrogens (tertiary/aromatic N) is 1. The summed E-state index contributed by atoms with van der Waals surface area (Å²) in [4.78, 5) is 24.8. The van der Waals surface area contributed by atoms with Gasteiger partial charge in [0.05, 0.1) is 11.6 Å². The van der Waals surface area contributed by atoms with Gasteiger partial charge in [0, 0.05) is 18.4 Å². The van der Waals surface area contributed by atoms with Gasteiger partial charge in [-0.25, -0.2) is 0 Å². The summed E-state index contributed by atoms with van der Waals surface area (Å²) in [5, 5.41) is 8.87. The Bertz CT molecular complexity index is 1050. The Labute approximate surface area is 177 Å². The second-order valence-electron chi connectivity index (χ2n) is 7.69. The molecule has 0 N–H and O–H groups in total. The average Bonchev–Trinajstić information content (AvgIpc) is 2.73. The summed E-state index contributed by atoms with van der Waals surface area (Å²) in [6, 6.07) is 16.5. The molecule has 1 aliphatic rings. The van der Waals surface area contributed by atoms with E-state index in [1.165, 1.54) is 0 Å². The number of nitriles is 1. The molecule has 0 amide bonds. The highest BCUT2D eigenvalue weighted by Crippen LogP contribution is 2.26. The van der Waals surface area contributed by atoms with Gasteiger partial charge in [0.15, 0.2) is 11.6 Å². The number of rotatable bonds is 7. The molecule has 0 aliphatic heterocycles. The van der Waals surface area contributed by atoms with Gasteiger partial charge >= 0.3 is 0 Å². The topological polar surface area (TPSA) is 67.2 Å². The molecule has 0 unspecified atom stereocenters. The minimum Gasteiger partial charge on any atom is -0.486 e. The van der Waals surface area contributed by atoms with Gasteiger partial charge in [-0.2, -0.15) is 5.26 Å². The molecule has 1 atom stereocenters. The maximum atomic E-state index is 12.6. The van der Waals surface area contributed by atoms with Crippen LogP contribution in [0.4, 0.5) is 0 Å². The zero-order chi connectivity index (χ0) is 21.7. The van der Waals surface area contributed by atoms with Crippen LogP contribution in [-0.2, 0) is 4.79 Å². The normalized spacial score (nSPS) is 14.7. The van der Waals surface area contributed by atoms with Gasteiger partial charge in [0.25, 0.3) is 0 Å². The summed E-state index contributed by atoms with van der Waals surface area (Å²) < 4.78 is 5.92. The zero-order valence-electron chi connectivity index (χ0n) is 17.6. The molecule has 3 rings (SSSR count). The Morgan fingerprint density at radius 2 is 1.77 bits per heavy atom. The first kappa shape index (κ1) is 21.3. The second kappa shape index (κ2) is 9.37. The van der Waals surface area contributed by atoms with Gasteiger partial charge < -0.3 is 4.74 Å². The number of hydrogen-bond donors (Lipinski definition) is 0. The van der Waals surface area contributed by atoms with E-state index in [0.29, 0.717) is 36.1 Å². The van der Waals surface area contributed by atoms with Crippen molar-refractivity contribution in [2.45, 2.75) is 46.1 Å². The minimum atomic E-state index is -0.190. The number of Topliss-reactive ketones (excluding diaryl/α,β-unsaturated/α-hetero) is 2. The summed E-state index contributed by atoms with van der Waals surface area (Å²) in [6.07, 6.45) is 3.09. The molecule has 0 radical (unpaired) electrons. The van der Waals surface area contributed by atoms with Crippen molar-refractivity contribution in [2.75, 3.05) is 0 Å². The van der Waals surface area contributed by atoms with E-state index in [1.54, 1.807) is 24.3 Å². The van der Waals surface area contributed by atoms with Crippen LogP contribution >= 0.6 is 0 Å². The highest BCUT2D eigenvalue weighted by Gasteiger charge is 2.19. The quantitative estimate of drug-likeness (QED) is 0.544. The van der Waals surface area contributed by atoms with E-state index in [1.807, 2.05) is 51.1 Å². The van der Waals surface area contributed by atoms with E-state index in [2.05, 4.69) is 6.07 Å². The van der Waals surface area contributed by atoms with Crippen LogP contribution in [0.15, 0.2) is 71.3 Å². The lowest BCUT2D eigenvalue weighted by Crippen LogP contribution is -2.11. The van der Waals surface area contributed by atoms with Crippen LogP contribution in [-0.4, -0.2) is 11.6 Å². The molecule has 0 saturated heterocycles. The molecule has 2 aromatic rings. The molecule has 1 aliphatic carbocycles. The van der Waals surface area contributed by atoms with Crippen molar-refractivity contribution in [3.63, 3.8) is 0 Å². The predicted octanol–water partition coefficient (Wildman–Crippen LogP) is 5.90. The lowest BCUT2D eigenvalue weighted by atomic mass is 9.89. The van der Waals surface area contributed by atoms with Crippen LogP contribution in [0.1, 0.15) is 67.6 Å². The number of allylic oxidation sites excluding steroid dienone is 4. The Morgan fingerprint density at radius 1 is 1.10 bits per heavy atom. The summed E-state index contributed by atoms with van der Waals surface area (Å²) in [5.74, 6) is 0.845. The number of benzene rings is 2. The molecular formula is C26H25NO3. The average molecular weight is 399 g/mol. The molecule has 4 heteroatoms. The fourth-order valence-corrected chi connectivity index (χ4v) is 3.63. The smallest absolute Gasteiger partial charge is 0.163 e. The third-order valence-electron chi connectivity index (χ3n) is 5.32. The molecule has 4 nitrogen and oxygen atoms in total. The minimum absolute atomic E-state index is 0.0292. The first-order valence-corrected chi connectivity index (χ1v) is 10.1. The van der Waals surface area contributed by atoms with Crippen LogP contribution in [0.2, 0.25) is 0 Å². The molecule has 2 aromatic carbocycles. The van der Waals surface area contributed by atoms with Gasteiger partial charge in [-0.1, -0.05) is 35.9 Å². The number of carbonyl (C=O) groups is 2. The Kier molecular flexibility index (Phi) is 6.64.